The van der Waals surface area contributed by atoms with Gasteiger partial charge in [-0.1, -0.05) is 0 Å². The number of amides is 1. The lowest BCUT2D eigenvalue weighted by Crippen LogP contribution is -2.39. The largest absolute Gasteiger partial charge is 0.497 e. The van der Waals surface area contributed by atoms with Crippen molar-refractivity contribution in [2.45, 2.75) is 19.8 Å². The van der Waals surface area contributed by atoms with E-state index in [1.165, 1.54) is 0 Å². The Kier molecular flexibility index (Phi) is 3.13. The summed E-state index contributed by atoms with van der Waals surface area (Å²) in [4.78, 5) is 24.6. The van der Waals surface area contributed by atoms with Gasteiger partial charge in [0.1, 0.15) is 11.5 Å². The average Bonchev–Trinajstić information content (AvgIpc) is 2.30. The number of carbonyl (C=O) groups excluding carboxylic acids is 2. The Balaban J connectivity index is 2.28. The lowest BCUT2D eigenvalue weighted by atomic mass is 10.1. The number of hydrogen-bond acceptors (Lipinski definition) is 3. The Morgan fingerprint density at radius 3 is 2.65 bits per heavy atom. The third-order valence-corrected chi connectivity index (χ3v) is 2.96. The normalized spacial score (nSPS) is 16.2. The summed E-state index contributed by atoms with van der Waals surface area (Å²) in [5, 5.41) is 0. The van der Waals surface area contributed by atoms with Gasteiger partial charge in [-0.15, -0.1) is 0 Å². The highest BCUT2D eigenvalue weighted by atomic mass is 16.5. The smallest absolute Gasteiger partial charge is 0.234 e. The van der Waals surface area contributed by atoms with Gasteiger partial charge in [-0.25, -0.2) is 0 Å². The van der Waals surface area contributed by atoms with Gasteiger partial charge in [0.2, 0.25) is 5.91 Å². The summed E-state index contributed by atoms with van der Waals surface area (Å²) in [7, 11) is 1.61. The van der Waals surface area contributed by atoms with E-state index < -0.39 is 0 Å². The molecule has 0 N–H and O–H groups in total. The fraction of sp³-hybridized carbons (Fsp3) is 0.385. The van der Waals surface area contributed by atoms with Crippen LogP contribution in [0.2, 0.25) is 0 Å². The third-order valence-electron chi connectivity index (χ3n) is 2.96. The number of anilines is 1. The quantitative estimate of drug-likeness (QED) is 0.730. The first-order valence-corrected chi connectivity index (χ1v) is 5.58. The van der Waals surface area contributed by atoms with E-state index in [0.29, 0.717) is 13.0 Å². The Morgan fingerprint density at radius 1 is 1.29 bits per heavy atom. The summed E-state index contributed by atoms with van der Waals surface area (Å²) < 4.78 is 5.12. The third kappa shape index (κ3) is 2.30. The number of piperidine rings is 1. The Morgan fingerprint density at radius 2 is 2.06 bits per heavy atom. The van der Waals surface area contributed by atoms with E-state index in [1.54, 1.807) is 12.0 Å². The second-order valence-electron chi connectivity index (χ2n) is 4.16. The van der Waals surface area contributed by atoms with Gasteiger partial charge < -0.3 is 9.64 Å². The average molecular weight is 233 g/mol. The van der Waals surface area contributed by atoms with Crippen LogP contribution >= 0.6 is 0 Å². The summed E-state index contributed by atoms with van der Waals surface area (Å²) in [6.45, 7) is 2.41. The molecule has 4 heteroatoms. The van der Waals surface area contributed by atoms with Gasteiger partial charge in [0.15, 0.2) is 0 Å². The van der Waals surface area contributed by atoms with Crippen molar-refractivity contribution in [3.63, 3.8) is 0 Å². The second-order valence-corrected chi connectivity index (χ2v) is 4.16. The summed E-state index contributed by atoms with van der Waals surface area (Å²) in [5.41, 5.74) is 1.84. The SMILES string of the molecule is COc1ccc(N2CCC(=O)CC2=O)c(C)c1. The highest BCUT2D eigenvalue weighted by Gasteiger charge is 2.25. The second kappa shape index (κ2) is 4.57. The molecule has 0 radical (unpaired) electrons. The maximum atomic E-state index is 11.8. The standard InChI is InChI=1S/C13H15NO3/c1-9-7-11(17-2)3-4-12(9)14-6-5-10(15)8-13(14)16/h3-4,7H,5-6,8H2,1-2H3. The van der Waals surface area contributed by atoms with Gasteiger partial charge in [-0.05, 0) is 30.7 Å². The van der Waals surface area contributed by atoms with E-state index in [4.69, 9.17) is 4.74 Å². The molecule has 1 aromatic rings. The molecule has 17 heavy (non-hydrogen) atoms. The van der Waals surface area contributed by atoms with Crippen LogP contribution in [0.25, 0.3) is 0 Å². The highest BCUT2D eigenvalue weighted by molar-refractivity contribution is 6.08. The fourth-order valence-electron chi connectivity index (χ4n) is 2.03. The number of ketones is 1. The van der Waals surface area contributed by atoms with Crippen molar-refractivity contribution in [1.29, 1.82) is 0 Å². The highest BCUT2D eigenvalue weighted by Crippen LogP contribution is 2.27. The minimum absolute atomic E-state index is 0.0193. The molecule has 1 aromatic carbocycles. The molecule has 1 aliphatic heterocycles. The molecule has 0 spiro atoms. The van der Waals surface area contributed by atoms with Crippen molar-refractivity contribution < 1.29 is 14.3 Å². The summed E-state index contributed by atoms with van der Waals surface area (Å²) >= 11 is 0. The monoisotopic (exact) mass is 233 g/mol. The molecule has 0 unspecified atom stereocenters. The maximum absolute atomic E-state index is 11.8. The molecule has 90 valence electrons. The molecule has 0 bridgehead atoms. The van der Waals surface area contributed by atoms with Crippen LogP contribution in [0.4, 0.5) is 5.69 Å². The van der Waals surface area contributed by atoms with E-state index in [9.17, 15) is 9.59 Å². The predicted octanol–water partition coefficient (Wildman–Crippen LogP) is 1.70. The zero-order valence-electron chi connectivity index (χ0n) is 10.0. The molecule has 1 heterocycles. The molecule has 4 nitrogen and oxygen atoms in total. The first kappa shape index (κ1) is 11.6. The molecule has 0 atom stereocenters. The lowest BCUT2D eigenvalue weighted by molar-refractivity contribution is -0.128. The number of carbonyl (C=O) groups is 2. The number of hydrogen-bond donors (Lipinski definition) is 0. The molecule has 1 aliphatic rings. The molecule has 1 saturated heterocycles. The number of methoxy groups -OCH3 is 1. The Labute approximate surface area is 100 Å². The number of ether oxygens (including phenoxy) is 1. The Bertz CT molecular complexity index is 468. The van der Waals surface area contributed by atoms with Gasteiger partial charge in [0.25, 0.3) is 0 Å². The van der Waals surface area contributed by atoms with E-state index in [0.717, 1.165) is 17.0 Å². The first-order chi connectivity index (χ1) is 8.11. The van der Waals surface area contributed by atoms with Crippen LogP contribution in [0.5, 0.6) is 5.75 Å². The van der Waals surface area contributed by atoms with Crippen molar-refractivity contribution in [2.24, 2.45) is 0 Å². The fourth-order valence-corrected chi connectivity index (χ4v) is 2.03. The summed E-state index contributed by atoms with van der Waals surface area (Å²) in [6, 6.07) is 5.58. The molecule has 1 fully saturated rings. The van der Waals surface area contributed by atoms with Crippen LogP contribution in [-0.4, -0.2) is 25.3 Å². The number of rotatable bonds is 2. The molecular weight excluding hydrogens is 218 g/mol. The van der Waals surface area contributed by atoms with Crippen LogP contribution in [0.15, 0.2) is 18.2 Å². The van der Waals surface area contributed by atoms with Gasteiger partial charge in [-0.3, -0.25) is 9.59 Å². The van der Waals surface area contributed by atoms with Crippen LogP contribution in [-0.2, 0) is 9.59 Å². The van der Waals surface area contributed by atoms with Crippen molar-refractivity contribution in [2.75, 3.05) is 18.6 Å². The van der Waals surface area contributed by atoms with Gasteiger partial charge in [0.05, 0.1) is 13.5 Å². The zero-order chi connectivity index (χ0) is 12.4. The Hall–Kier alpha value is -1.84. The van der Waals surface area contributed by atoms with Crippen LogP contribution in [0.1, 0.15) is 18.4 Å². The van der Waals surface area contributed by atoms with Crippen molar-refractivity contribution >= 4 is 17.4 Å². The molecule has 1 amide bonds. The molecule has 2 rings (SSSR count). The van der Waals surface area contributed by atoms with E-state index in [2.05, 4.69) is 0 Å². The first-order valence-electron chi connectivity index (χ1n) is 5.58. The number of nitrogens with zero attached hydrogens (tertiary/aromatic N) is 1. The van der Waals surface area contributed by atoms with Crippen molar-refractivity contribution in [1.82, 2.24) is 0 Å². The number of benzene rings is 1. The summed E-state index contributed by atoms with van der Waals surface area (Å²) in [5.74, 6) is 0.679. The van der Waals surface area contributed by atoms with Crippen LogP contribution < -0.4 is 9.64 Å². The van der Waals surface area contributed by atoms with E-state index >= 15 is 0 Å². The topological polar surface area (TPSA) is 46.6 Å². The van der Waals surface area contributed by atoms with E-state index in [1.807, 2.05) is 25.1 Å². The zero-order valence-corrected chi connectivity index (χ0v) is 10.0. The van der Waals surface area contributed by atoms with Crippen LogP contribution in [0, 0.1) is 6.92 Å². The molecule has 0 saturated carbocycles. The van der Waals surface area contributed by atoms with Gasteiger partial charge in [-0.2, -0.15) is 0 Å². The van der Waals surface area contributed by atoms with Crippen molar-refractivity contribution in [3.8, 4) is 5.75 Å². The minimum Gasteiger partial charge on any atom is -0.497 e. The summed E-state index contributed by atoms with van der Waals surface area (Å²) in [6.07, 6.45) is 0.461. The van der Waals surface area contributed by atoms with Crippen molar-refractivity contribution in [3.05, 3.63) is 23.8 Å². The molecular formula is C13H15NO3. The van der Waals surface area contributed by atoms with Gasteiger partial charge in [0, 0.05) is 18.7 Å². The van der Waals surface area contributed by atoms with Crippen LogP contribution in [0.3, 0.4) is 0 Å². The maximum Gasteiger partial charge on any atom is 0.234 e. The van der Waals surface area contributed by atoms with E-state index in [-0.39, 0.29) is 18.1 Å². The molecule has 0 aromatic heterocycles. The van der Waals surface area contributed by atoms with Gasteiger partial charge >= 0.3 is 0 Å². The lowest BCUT2D eigenvalue weighted by Gasteiger charge is -2.27. The molecule has 0 aliphatic carbocycles. The number of aryl methyl sites for hydroxylation is 1. The number of Topliss-reactive ketones (excluding diaryl/α,β-unsaturated/α-hetero) is 1. The minimum atomic E-state index is -0.116. The predicted molar refractivity (Wildman–Crippen MR) is 64.3 cm³/mol.